The lowest BCUT2D eigenvalue weighted by Gasteiger charge is -2.32. The third kappa shape index (κ3) is 7.86. The van der Waals surface area contributed by atoms with Crippen LogP contribution in [0.1, 0.15) is 64.5 Å². The Morgan fingerprint density at radius 1 is 1.15 bits per heavy atom. The summed E-state index contributed by atoms with van der Waals surface area (Å²) in [7, 11) is 0. The average Bonchev–Trinajstić information content (AvgIpc) is 2.67. The summed E-state index contributed by atoms with van der Waals surface area (Å²) in [6.45, 7) is 5.33. The van der Waals surface area contributed by atoms with Crippen LogP contribution in [0.2, 0.25) is 0 Å². The summed E-state index contributed by atoms with van der Waals surface area (Å²) >= 11 is 0. The Balaban J connectivity index is 1.78. The Bertz CT molecular complexity index is 506. The van der Waals surface area contributed by atoms with Gasteiger partial charge in [0.2, 0.25) is 0 Å². The van der Waals surface area contributed by atoms with Crippen molar-refractivity contribution in [2.75, 3.05) is 6.54 Å². The maximum absolute atomic E-state index is 10.7. The first-order chi connectivity index (χ1) is 13.0. The second-order valence-corrected chi connectivity index (χ2v) is 8.63. The van der Waals surface area contributed by atoms with Crippen LogP contribution in [0, 0.1) is 17.8 Å². The van der Waals surface area contributed by atoms with Crippen molar-refractivity contribution >= 4 is 0 Å². The molecule has 1 unspecified atom stereocenters. The van der Waals surface area contributed by atoms with Gasteiger partial charge in [0, 0.05) is 25.3 Å². The normalized spacial score (nSPS) is 20.4. The van der Waals surface area contributed by atoms with Gasteiger partial charge in [0.05, 0.1) is 17.9 Å². The molecule has 0 aromatic carbocycles. The minimum absolute atomic E-state index is 0.0219. The summed E-state index contributed by atoms with van der Waals surface area (Å²) in [6, 6.07) is 5.63. The summed E-state index contributed by atoms with van der Waals surface area (Å²) in [5.41, 5.74) is 7.28. The number of hydrogen-bond donors (Lipinski definition) is 4. The number of nitrogens with one attached hydrogen (secondary N) is 1. The third-order valence-electron chi connectivity index (χ3n) is 6.07. The highest BCUT2D eigenvalue weighted by molar-refractivity contribution is 5.02. The van der Waals surface area contributed by atoms with Crippen LogP contribution in [0.4, 0.5) is 0 Å². The van der Waals surface area contributed by atoms with E-state index in [1.54, 1.807) is 6.20 Å². The molecule has 2 rings (SSSR count). The largest absolute Gasteiger partial charge is 0.392 e. The molecule has 1 aliphatic rings. The summed E-state index contributed by atoms with van der Waals surface area (Å²) in [4.78, 5) is 4.28. The Labute approximate surface area is 164 Å². The van der Waals surface area contributed by atoms with Crippen LogP contribution >= 0.6 is 0 Å². The third-order valence-corrected chi connectivity index (χ3v) is 6.07. The number of nitrogens with two attached hydrogens (primary N) is 1. The van der Waals surface area contributed by atoms with Gasteiger partial charge in [-0.3, -0.25) is 4.98 Å². The molecule has 1 heterocycles. The maximum atomic E-state index is 10.7. The Kier molecular flexibility index (Phi) is 9.69. The first-order valence-electron chi connectivity index (χ1n) is 10.7. The molecule has 0 amide bonds. The highest BCUT2D eigenvalue weighted by Gasteiger charge is 2.29. The second-order valence-electron chi connectivity index (χ2n) is 8.63. The van der Waals surface area contributed by atoms with E-state index in [0.29, 0.717) is 25.4 Å². The van der Waals surface area contributed by atoms with Crippen molar-refractivity contribution in [1.29, 1.82) is 0 Å². The van der Waals surface area contributed by atoms with E-state index in [2.05, 4.69) is 24.1 Å². The molecule has 1 aliphatic carbocycles. The van der Waals surface area contributed by atoms with Gasteiger partial charge in [-0.2, -0.15) is 0 Å². The monoisotopic (exact) mass is 377 g/mol. The van der Waals surface area contributed by atoms with E-state index in [1.165, 1.54) is 32.1 Å². The molecule has 1 saturated carbocycles. The molecule has 5 N–H and O–H groups in total. The fourth-order valence-electron chi connectivity index (χ4n) is 4.29. The summed E-state index contributed by atoms with van der Waals surface area (Å²) < 4.78 is 0. The molecular formula is C22H39N3O2. The lowest BCUT2D eigenvalue weighted by molar-refractivity contribution is 0.0269. The fourth-order valence-corrected chi connectivity index (χ4v) is 4.29. The molecular weight excluding hydrogens is 338 g/mol. The van der Waals surface area contributed by atoms with Crippen LogP contribution in [-0.2, 0) is 6.54 Å². The number of pyridine rings is 1. The first kappa shape index (κ1) is 22.3. The summed E-state index contributed by atoms with van der Waals surface area (Å²) in [6.07, 6.45) is 8.58. The Hall–Kier alpha value is -1.01. The van der Waals surface area contributed by atoms with Crippen LogP contribution in [-0.4, -0.2) is 40.0 Å². The number of rotatable bonds is 11. The number of aliphatic hydroxyl groups is 2. The Morgan fingerprint density at radius 2 is 1.89 bits per heavy atom. The lowest BCUT2D eigenvalue weighted by atomic mass is 9.80. The van der Waals surface area contributed by atoms with E-state index in [-0.39, 0.29) is 17.9 Å². The standard InChI is InChI=1S/C22H39N3O2/c1-16(2)19(22(27)15-24-14-18-10-6-7-11-25-18)13-21(26)20(23)12-17-8-4-3-5-9-17/h6-7,10-11,16-17,19-22,24,26-27H,3-5,8-9,12-15,23H2,1-2H3/t19-,20-,21-,22?/m0/s1. The lowest BCUT2D eigenvalue weighted by Crippen LogP contribution is -2.42. The van der Waals surface area contributed by atoms with E-state index in [1.807, 2.05) is 18.2 Å². The van der Waals surface area contributed by atoms with E-state index < -0.39 is 12.2 Å². The van der Waals surface area contributed by atoms with E-state index in [4.69, 9.17) is 5.73 Å². The average molecular weight is 378 g/mol. The minimum Gasteiger partial charge on any atom is -0.392 e. The van der Waals surface area contributed by atoms with Gasteiger partial charge in [-0.1, -0.05) is 52.0 Å². The summed E-state index contributed by atoms with van der Waals surface area (Å²) in [5, 5.41) is 24.6. The number of hydrogen-bond acceptors (Lipinski definition) is 5. The highest BCUT2D eigenvalue weighted by atomic mass is 16.3. The van der Waals surface area contributed by atoms with Gasteiger partial charge in [-0.05, 0) is 42.7 Å². The first-order valence-corrected chi connectivity index (χ1v) is 10.7. The maximum Gasteiger partial charge on any atom is 0.0696 e. The van der Waals surface area contributed by atoms with Crippen LogP contribution in [0.3, 0.4) is 0 Å². The van der Waals surface area contributed by atoms with Crippen LogP contribution in [0.25, 0.3) is 0 Å². The molecule has 5 heteroatoms. The van der Waals surface area contributed by atoms with Crippen molar-refractivity contribution in [1.82, 2.24) is 10.3 Å². The van der Waals surface area contributed by atoms with Gasteiger partial charge < -0.3 is 21.3 Å². The molecule has 0 saturated heterocycles. The van der Waals surface area contributed by atoms with Crippen molar-refractivity contribution < 1.29 is 10.2 Å². The van der Waals surface area contributed by atoms with Crippen molar-refractivity contribution in [3.05, 3.63) is 30.1 Å². The summed E-state index contributed by atoms with van der Waals surface area (Å²) in [5.74, 6) is 0.965. The molecule has 1 aromatic heterocycles. The smallest absolute Gasteiger partial charge is 0.0696 e. The topological polar surface area (TPSA) is 91.4 Å². The van der Waals surface area contributed by atoms with Crippen LogP contribution in [0.15, 0.2) is 24.4 Å². The highest BCUT2D eigenvalue weighted by Crippen LogP contribution is 2.29. The predicted molar refractivity (Wildman–Crippen MR) is 110 cm³/mol. The van der Waals surface area contributed by atoms with Gasteiger partial charge in [-0.25, -0.2) is 0 Å². The van der Waals surface area contributed by atoms with Crippen molar-refractivity contribution in [2.45, 2.75) is 83.6 Å². The minimum atomic E-state index is -0.551. The molecule has 5 nitrogen and oxygen atoms in total. The molecule has 1 fully saturated rings. The van der Waals surface area contributed by atoms with Gasteiger partial charge in [-0.15, -0.1) is 0 Å². The molecule has 154 valence electrons. The fraction of sp³-hybridized carbons (Fsp3) is 0.773. The molecule has 27 heavy (non-hydrogen) atoms. The van der Waals surface area contributed by atoms with Crippen LogP contribution < -0.4 is 11.1 Å². The van der Waals surface area contributed by atoms with Gasteiger partial charge in [0.15, 0.2) is 0 Å². The molecule has 1 aromatic rings. The van der Waals surface area contributed by atoms with E-state index >= 15 is 0 Å². The SMILES string of the molecule is CC(C)[C@H](C[C@H](O)[C@@H](N)CC1CCCCC1)C(O)CNCc1ccccn1. The van der Waals surface area contributed by atoms with Crippen LogP contribution in [0.5, 0.6) is 0 Å². The molecule has 4 atom stereocenters. The van der Waals surface area contributed by atoms with Crippen molar-refractivity contribution in [3.63, 3.8) is 0 Å². The Morgan fingerprint density at radius 3 is 2.52 bits per heavy atom. The number of aliphatic hydroxyl groups excluding tert-OH is 2. The van der Waals surface area contributed by atoms with E-state index in [9.17, 15) is 10.2 Å². The zero-order valence-electron chi connectivity index (χ0n) is 17.1. The van der Waals surface area contributed by atoms with Crippen molar-refractivity contribution in [2.24, 2.45) is 23.5 Å². The molecule has 0 bridgehead atoms. The van der Waals surface area contributed by atoms with Gasteiger partial charge in [0.25, 0.3) is 0 Å². The van der Waals surface area contributed by atoms with Gasteiger partial charge >= 0.3 is 0 Å². The van der Waals surface area contributed by atoms with E-state index in [0.717, 1.165) is 12.1 Å². The second kappa shape index (κ2) is 11.7. The molecule has 0 aliphatic heterocycles. The number of nitrogens with zero attached hydrogens (tertiary/aromatic N) is 1. The zero-order chi connectivity index (χ0) is 19.6. The number of aromatic nitrogens is 1. The van der Waals surface area contributed by atoms with Crippen molar-refractivity contribution in [3.8, 4) is 0 Å². The van der Waals surface area contributed by atoms with Gasteiger partial charge in [0.1, 0.15) is 0 Å². The predicted octanol–water partition coefficient (Wildman–Crippen LogP) is 2.85. The molecule has 0 radical (unpaired) electrons. The molecule has 0 spiro atoms. The zero-order valence-corrected chi connectivity index (χ0v) is 17.1. The quantitative estimate of drug-likeness (QED) is 0.476.